The first-order chi connectivity index (χ1) is 14.3. The quantitative estimate of drug-likeness (QED) is 0.822. The number of nitrogens with zero attached hydrogens (tertiary/aromatic N) is 2. The van der Waals surface area contributed by atoms with Gasteiger partial charge < -0.3 is 19.9 Å². The summed E-state index contributed by atoms with van der Waals surface area (Å²) in [4.78, 5) is 29.6. The minimum absolute atomic E-state index is 0.0574. The van der Waals surface area contributed by atoms with Crippen molar-refractivity contribution in [3.8, 4) is 5.75 Å². The van der Waals surface area contributed by atoms with Crippen molar-refractivity contribution in [1.82, 2.24) is 9.80 Å². The highest BCUT2D eigenvalue weighted by molar-refractivity contribution is 6.04. The predicted molar refractivity (Wildman–Crippen MR) is 119 cm³/mol. The normalized spacial score (nSPS) is 15.0. The molecule has 1 heterocycles. The summed E-state index contributed by atoms with van der Waals surface area (Å²) < 4.78 is 5.81. The SMILES string of the molecule is CN1CCN(C(=O)c2ccccc2NC(=O)COc2ccccc2C(C)(C)C)CC1. The number of likely N-dealkylation sites (N-methyl/N-ethyl adjacent to an activating group) is 1. The van der Waals surface area contributed by atoms with Crippen LogP contribution in [0.5, 0.6) is 5.75 Å². The smallest absolute Gasteiger partial charge is 0.262 e. The van der Waals surface area contributed by atoms with E-state index >= 15 is 0 Å². The number of hydrogen-bond donors (Lipinski definition) is 1. The van der Waals surface area contributed by atoms with Crippen LogP contribution in [0.2, 0.25) is 0 Å². The Morgan fingerprint density at radius 1 is 0.967 bits per heavy atom. The minimum atomic E-state index is -0.294. The summed E-state index contributed by atoms with van der Waals surface area (Å²) in [6, 6.07) is 14.9. The highest BCUT2D eigenvalue weighted by Crippen LogP contribution is 2.31. The zero-order valence-corrected chi connectivity index (χ0v) is 18.3. The van der Waals surface area contributed by atoms with Crippen molar-refractivity contribution in [3.05, 3.63) is 59.7 Å². The van der Waals surface area contributed by atoms with E-state index in [0.29, 0.717) is 30.1 Å². The van der Waals surface area contributed by atoms with E-state index in [1.807, 2.05) is 48.3 Å². The number of carbonyl (C=O) groups is 2. The lowest BCUT2D eigenvalue weighted by Crippen LogP contribution is -2.47. The topological polar surface area (TPSA) is 61.9 Å². The first kappa shape index (κ1) is 21.8. The third-order valence-electron chi connectivity index (χ3n) is 5.28. The summed E-state index contributed by atoms with van der Waals surface area (Å²) in [5.74, 6) is 0.345. The molecule has 6 nitrogen and oxygen atoms in total. The second-order valence-corrected chi connectivity index (χ2v) is 8.72. The number of ether oxygens (including phenoxy) is 1. The van der Waals surface area contributed by atoms with Gasteiger partial charge in [0, 0.05) is 26.2 Å². The molecule has 160 valence electrons. The van der Waals surface area contributed by atoms with Crippen LogP contribution >= 0.6 is 0 Å². The third-order valence-corrected chi connectivity index (χ3v) is 5.28. The van der Waals surface area contributed by atoms with Crippen molar-refractivity contribution >= 4 is 17.5 Å². The second-order valence-electron chi connectivity index (χ2n) is 8.72. The van der Waals surface area contributed by atoms with Crippen LogP contribution in [0.3, 0.4) is 0 Å². The second kappa shape index (κ2) is 9.30. The van der Waals surface area contributed by atoms with E-state index in [1.165, 1.54) is 0 Å². The number of benzene rings is 2. The van der Waals surface area contributed by atoms with Gasteiger partial charge in [-0.2, -0.15) is 0 Å². The maximum Gasteiger partial charge on any atom is 0.262 e. The number of para-hydroxylation sites is 2. The van der Waals surface area contributed by atoms with E-state index in [2.05, 4.69) is 31.0 Å². The summed E-state index contributed by atoms with van der Waals surface area (Å²) in [5.41, 5.74) is 1.97. The Hall–Kier alpha value is -2.86. The lowest BCUT2D eigenvalue weighted by atomic mass is 9.86. The molecule has 2 aromatic rings. The van der Waals surface area contributed by atoms with Gasteiger partial charge in [-0.1, -0.05) is 51.1 Å². The number of anilines is 1. The molecule has 0 aromatic heterocycles. The van der Waals surface area contributed by atoms with Gasteiger partial charge in [0.1, 0.15) is 5.75 Å². The lowest BCUT2D eigenvalue weighted by molar-refractivity contribution is -0.118. The van der Waals surface area contributed by atoms with Crippen LogP contribution in [0, 0.1) is 0 Å². The number of carbonyl (C=O) groups excluding carboxylic acids is 2. The summed E-state index contributed by atoms with van der Waals surface area (Å²) >= 11 is 0. The number of rotatable bonds is 5. The molecule has 3 rings (SSSR count). The number of amides is 2. The Morgan fingerprint density at radius 3 is 2.30 bits per heavy atom. The average Bonchev–Trinajstić information content (AvgIpc) is 2.72. The highest BCUT2D eigenvalue weighted by atomic mass is 16.5. The molecule has 6 heteroatoms. The standard InChI is InChI=1S/C24H31N3O3/c1-24(2,3)19-10-6-8-12-21(19)30-17-22(28)25-20-11-7-5-9-18(20)23(29)27-15-13-26(4)14-16-27/h5-12H,13-17H2,1-4H3,(H,25,28). The van der Waals surface area contributed by atoms with E-state index in [1.54, 1.807) is 12.1 Å². The third kappa shape index (κ3) is 5.39. The molecule has 2 aromatic carbocycles. The van der Waals surface area contributed by atoms with Gasteiger partial charge in [-0.25, -0.2) is 0 Å². The van der Waals surface area contributed by atoms with Crippen molar-refractivity contribution < 1.29 is 14.3 Å². The zero-order valence-electron chi connectivity index (χ0n) is 18.3. The Labute approximate surface area is 178 Å². The van der Waals surface area contributed by atoms with Crippen molar-refractivity contribution in [1.29, 1.82) is 0 Å². The van der Waals surface area contributed by atoms with Crippen LogP contribution in [0.1, 0.15) is 36.7 Å². The fraction of sp³-hybridized carbons (Fsp3) is 0.417. The van der Waals surface area contributed by atoms with Gasteiger partial charge in [-0.05, 0) is 36.2 Å². The highest BCUT2D eigenvalue weighted by Gasteiger charge is 2.23. The fourth-order valence-corrected chi connectivity index (χ4v) is 3.50. The summed E-state index contributed by atoms with van der Waals surface area (Å²) in [5, 5.41) is 2.85. The van der Waals surface area contributed by atoms with Gasteiger partial charge in [0.25, 0.3) is 11.8 Å². The largest absolute Gasteiger partial charge is 0.483 e. The van der Waals surface area contributed by atoms with Crippen molar-refractivity contribution in [2.45, 2.75) is 26.2 Å². The molecule has 0 spiro atoms. The Balaban J connectivity index is 1.66. The molecule has 2 amide bonds. The summed E-state index contributed by atoms with van der Waals surface area (Å²) in [6.07, 6.45) is 0. The first-order valence-corrected chi connectivity index (χ1v) is 10.3. The molecule has 1 aliphatic heterocycles. The van der Waals surface area contributed by atoms with E-state index in [9.17, 15) is 9.59 Å². The van der Waals surface area contributed by atoms with Crippen molar-refractivity contribution in [2.24, 2.45) is 0 Å². The molecule has 0 atom stereocenters. The molecular formula is C24H31N3O3. The Morgan fingerprint density at radius 2 is 1.60 bits per heavy atom. The maximum atomic E-state index is 13.0. The Kier molecular flexibility index (Phi) is 6.77. The lowest BCUT2D eigenvalue weighted by Gasteiger charge is -2.32. The molecule has 1 aliphatic rings. The maximum absolute atomic E-state index is 13.0. The monoisotopic (exact) mass is 409 g/mol. The van der Waals surface area contributed by atoms with Crippen molar-refractivity contribution in [3.63, 3.8) is 0 Å². The summed E-state index contributed by atoms with van der Waals surface area (Å²) in [7, 11) is 2.05. The molecule has 0 radical (unpaired) electrons. The fourth-order valence-electron chi connectivity index (χ4n) is 3.50. The molecule has 0 saturated carbocycles. The van der Waals surface area contributed by atoms with Gasteiger partial charge >= 0.3 is 0 Å². The predicted octanol–water partition coefficient (Wildman–Crippen LogP) is 3.39. The molecule has 30 heavy (non-hydrogen) atoms. The molecule has 1 fully saturated rings. The van der Waals surface area contributed by atoms with E-state index in [-0.39, 0.29) is 23.8 Å². The molecule has 1 N–H and O–H groups in total. The minimum Gasteiger partial charge on any atom is -0.483 e. The molecule has 1 saturated heterocycles. The van der Waals surface area contributed by atoms with Crippen LogP contribution in [-0.4, -0.2) is 61.4 Å². The number of hydrogen-bond acceptors (Lipinski definition) is 4. The molecule has 0 aliphatic carbocycles. The van der Waals surface area contributed by atoms with Gasteiger partial charge in [0.2, 0.25) is 0 Å². The number of piperazine rings is 1. The van der Waals surface area contributed by atoms with Crippen LogP contribution in [0.4, 0.5) is 5.69 Å². The van der Waals surface area contributed by atoms with E-state index in [0.717, 1.165) is 18.7 Å². The van der Waals surface area contributed by atoms with Gasteiger partial charge in [-0.3, -0.25) is 9.59 Å². The summed E-state index contributed by atoms with van der Waals surface area (Å²) in [6.45, 7) is 9.27. The molecular weight excluding hydrogens is 378 g/mol. The number of nitrogens with one attached hydrogen (secondary N) is 1. The van der Waals surface area contributed by atoms with E-state index in [4.69, 9.17) is 4.74 Å². The van der Waals surface area contributed by atoms with Gasteiger partial charge in [0.15, 0.2) is 6.61 Å². The van der Waals surface area contributed by atoms with Crippen LogP contribution in [0.15, 0.2) is 48.5 Å². The first-order valence-electron chi connectivity index (χ1n) is 10.3. The van der Waals surface area contributed by atoms with E-state index < -0.39 is 0 Å². The molecule has 0 bridgehead atoms. The Bertz CT molecular complexity index is 897. The van der Waals surface area contributed by atoms with Crippen LogP contribution in [-0.2, 0) is 10.2 Å². The van der Waals surface area contributed by atoms with Crippen molar-refractivity contribution in [2.75, 3.05) is 45.2 Å². The van der Waals surface area contributed by atoms with Crippen LogP contribution in [0.25, 0.3) is 0 Å². The average molecular weight is 410 g/mol. The molecule has 0 unspecified atom stereocenters. The van der Waals surface area contributed by atoms with Crippen LogP contribution < -0.4 is 10.1 Å². The van der Waals surface area contributed by atoms with Gasteiger partial charge in [-0.15, -0.1) is 0 Å². The van der Waals surface area contributed by atoms with Gasteiger partial charge in [0.05, 0.1) is 11.3 Å². The zero-order chi connectivity index (χ0) is 21.7.